The maximum atomic E-state index is 6.51. The van der Waals surface area contributed by atoms with Crippen molar-refractivity contribution >= 4 is 23.1 Å². The molecule has 0 amide bonds. The van der Waals surface area contributed by atoms with E-state index >= 15 is 0 Å². The summed E-state index contributed by atoms with van der Waals surface area (Å²) in [6, 6.07) is 4.24. The molecule has 0 saturated carbocycles. The maximum absolute atomic E-state index is 6.51. The number of imidazole rings is 2. The number of hydrogen-bond acceptors (Lipinski definition) is 3. The Labute approximate surface area is 160 Å². The third kappa shape index (κ3) is 3.73. The van der Waals surface area contributed by atoms with Gasteiger partial charge in [0, 0.05) is 17.7 Å². The normalized spacial score (nSPS) is 12.1. The molecule has 0 unspecified atom stereocenters. The van der Waals surface area contributed by atoms with Crippen LogP contribution in [0.25, 0.3) is 17.0 Å². The molecule has 3 heterocycles. The third-order valence-electron chi connectivity index (χ3n) is 4.24. The summed E-state index contributed by atoms with van der Waals surface area (Å²) in [5.74, 6) is 1.85. The first-order valence-corrected chi connectivity index (χ1v) is 9.60. The van der Waals surface area contributed by atoms with Crippen LogP contribution in [0.1, 0.15) is 57.6 Å². The average molecular weight is 374 g/mol. The zero-order chi connectivity index (χ0) is 19.1. The molecule has 3 aromatic heterocycles. The zero-order valence-electron chi connectivity index (χ0n) is 16.5. The first-order chi connectivity index (χ1) is 12.2. The lowest BCUT2D eigenvalue weighted by Gasteiger charge is -2.23. The zero-order valence-corrected chi connectivity index (χ0v) is 17.3. The number of fused-ring (bicyclic) bond motifs is 1. The smallest absolute Gasteiger partial charge is 0.141 e. The maximum Gasteiger partial charge on any atom is 0.141 e. The number of pyridine rings is 1. The van der Waals surface area contributed by atoms with Gasteiger partial charge in [-0.05, 0) is 58.7 Å². The topological polar surface area (TPSA) is 58.0 Å². The molecule has 3 aromatic rings. The van der Waals surface area contributed by atoms with Gasteiger partial charge in [0.2, 0.25) is 0 Å². The van der Waals surface area contributed by atoms with Crippen LogP contribution in [-0.4, -0.2) is 24.9 Å². The number of aromatic nitrogens is 4. The van der Waals surface area contributed by atoms with Gasteiger partial charge >= 0.3 is 0 Å². The Morgan fingerprint density at radius 1 is 1.15 bits per heavy atom. The van der Waals surface area contributed by atoms with Crippen LogP contribution >= 0.6 is 11.6 Å². The van der Waals surface area contributed by atoms with Gasteiger partial charge in [-0.25, -0.2) is 9.97 Å². The Morgan fingerprint density at radius 3 is 2.54 bits per heavy atom. The van der Waals surface area contributed by atoms with Crippen LogP contribution in [0.2, 0.25) is 5.15 Å². The minimum Gasteiger partial charge on any atom is -0.365 e. The van der Waals surface area contributed by atoms with Gasteiger partial charge in [-0.2, -0.15) is 0 Å². The Hall–Kier alpha value is -2.01. The lowest BCUT2D eigenvalue weighted by Crippen LogP contribution is -2.27. The summed E-state index contributed by atoms with van der Waals surface area (Å²) >= 11 is 6.51. The summed E-state index contributed by atoms with van der Waals surface area (Å²) in [6.07, 6.45) is 3.10. The van der Waals surface area contributed by atoms with E-state index in [-0.39, 0.29) is 5.54 Å². The number of hydrogen-bond donors (Lipinski definition) is 2. The number of halogens is 1. The second kappa shape index (κ2) is 6.95. The number of H-pyrrole nitrogens is 1. The van der Waals surface area contributed by atoms with Gasteiger partial charge < -0.3 is 10.3 Å². The van der Waals surface area contributed by atoms with Crippen molar-refractivity contribution < 1.29 is 0 Å². The van der Waals surface area contributed by atoms with E-state index in [9.17, 15) is 0 Å². The molecule has 0 radical (unpaired) electrons. The summed E-state index contributed by atoms with van der Waals surface area (Å²) in [5, 5.41) is 4.15. The van der Waals surface area contributed by atoms with E-state index in [1.54, 1.807) is 0 Å². The summed E-state index contributed by atoms with van der Waals surface area (Å²) in [4.78, 5) is 12.8. The van der Waals surface area contributed by atoms with Gasteiger partial charge in [0.15, 0.2) is 0 Å². The average Bonchev–Trinajstić information content (AvgIpc) is 3.04. The van der Waals surface area contributed by atoms with E-state index in [0.717, 1.165) is 47.9 Å². The van der Waals surface area contributed by atoms with Gasteiger partial charge in [0.05, 0.1) is 0 Å². The van der Waals surface area contributed by atoms with Crippen LogP contribution in [0.5, 0.6) is 0 Å². The molecule has 0 saturated heterocycles. The molecule has 26 heavy (non-hydrogen) atoms. The molecular weight excluding hydrogens is 346 g/mol. The molecule has 0 aliphatic heterocycles. The largest absolute Gasteiger partial charge is 0.365 e. The van der Waals surface area contributed by atoms with Crippen LogP contribution in [0.4, 0.5) is 5.82 Å². The second-order valence-corrected chi connectivity index (χ2v) is 8.38. The minimum atomic E-state index is -0.115. The van der Waals surface area contributed by atoms with Crippen molar-refractivity contribution in [2.24, 2.45) is 0 Å². The van der Waals surface area contributed by atoms with Crippen molar-refractivity contribution in [3.63, 3.8) is 0 Å². The fraction of sp³-hybridized carbons (Fsp3) is 0.500. The number of anilines is 1. The number of unbranched alkanes of at least 4 members (excludes halogenated alkanes) is 1. The first-order valence-electron chi connectivity index (χ1n) is 9.22. The number of nitrogens with one attached hydrogen (secondary N) is 2. The molecule has 2 N–H and O–H groups in total. The molecule has 0 aliphatic carbocycles. The molecule has 0 atom stereocenters. The van der Waals surface area contributed by atoms with Crippen molar-refractivity contribution in [2.45, 2.75) is 66.3 Å². The van der Waals surface area contributed by atoms with E-state index in [1.165, 1.54) is 5.56 Å². The van der Waals surface area contributed by atoms with Gasteiger partial charge in [-0.15, -0.1) is 0 Å². The fourth-order valence-electron chi connectivity index (χ4n) is 3.18. The Bertz CT molecular complexity index is 930. The first kappa shape index (κ1) is 18.8. The van der Waals surface area contributed by atoms with Crippen LogP contribution < -0.4 is 5.32 Å². The lowest BCUT2D eigenvalue weighted by molar-refractivity contribution is 0.629. The molecule has 0 aromatic carbocycles. The standard InChI is InChI=1S/C20H28ClN5/c1-7-8-9-14-22-16(18(21)23-14)17-19(25-20(4,5)6)26-13(3)10-12(2)11-15(26)24-17/h10-11,25H,7-9H2,1-6H3,(H,22,23). The highest BCUT2D eigenvalue weighted by Crippen LogP contribution is 2.35. The predicted octanol–water partition coefficient (Wildman–Crippen LogP) is 5.55. The molecule has 140 valence electrons. The highest BCUT2D eigenvalue weighted by Gasteiger charge is 2.24. The van der Waals surface area contributed by atoms with Crippen molar-refractivity contribution in [3.05, 3.63) is 34.4 Å². The molecule has 6 heteroatoms. The minimum absolute atomic E-state index is 0.115. The van der Waals surface area contributed by atoms with Crippen molar-refractivity contribution in [3.8, 4) is 11.4 Å². The summed E-state index contributed by atoms with van der Waals surface area (Å²) in [7, 11) is 0. The molecule has 0 spiro atoms. The number of aryl methyl sites for hydroxylation is 3. The van der Waals surface area contributed by atoms with E-state index in [1.807, 2.05) is 0 Å². The van der Waals surface area contributed by atoms with Gasteiger partial charge in [-0.1, -0.05) is 24.9 Å². The van der Waals surface area contributed by atoms with Crippen LogP contribution in [0.3, 0.4) is 0 Å². The Kier molecular flexibility index (Phi) is 5.02. The van der Waals surface area contributed by atoms with Gasteiger partial charge in [0.1, 0.15) is 33.8 Å². The summed E-state index contributed by atoms with van der Waals surface area (Å²) in [6.45, 7) is 12.8. The Balaban J connectivity index is 2.20. The number of rotatable bonds is 5. The van der Waals surface area contributed by atoms with E-state index in [2.05, 4.69) is 68.4 Å². The predicted molar refractivity (Wildman–Crippen MR) is 109 cm³/mol. The summed E-state index contributed by atoms with van der Waals surface area (Å²) in [5.41, 5.74) is 4.60. The highest BCUT2D eigenvalue weighted by molar-refractivity contribution is 6.32. The van der Waals surface area contributed by atoms with Gasteiger partial charge in [-0.3, -0.25) is 4.40 Å². The van der Waals surface area contributed by atoms with Gasteiger partial charge in [0.25, 0.3) is 0 Å². The number of nitrogens with zero attached hydrogens (tertiary/aromatic N) is 3. The van der Waals surface area contributed by atoms with E-state index < -0.39 is 0 Å². The highest BCUT2D eigenvalue weighted by atomic mass is 35.5. The summed E-state index contributed by atoms with van der Waals surface area (Å²) < 4.78 is 2.14. The van der Waals surface area contributed by atoms with Crippen LogP contribution in [0.15, 0.2) is 12.1 Å². The lowest BCUT2D eigenvalue weighted by atomic mass is 10.1. The van der Waals surface area contributed by atoms with Crippen molar-refractivity contribution in [1.82, 2.24) is 19.4 Å². The second-order valence-electron chi connectivity index (χ2n) is 8.00. The molecule has 0 aliphatic rings. The number of aromatic amines is 1. The van der Waals surface area contributed by atoms with Crippen LogP contribution in [0, 0.1) is 13.8 Å². The molecule has 3 rings (SSSR count). The van der Waals surface area contributed by atoms with Crippen LogP contribution in [-0.2, 0) is 6.42 Å². The Morgan fingerprint density at radius 2 is 1.88 bits per heavy atom. The third-order valence-corrected chi connectivity index (χ3v) is 4.52. The van der Waals surface area contributed by atoms with Crippen molar-refractivity contribution in [1.29, 1.82) is 0 Å². The van der Waals surface area contributed by atoms with Crippen molar-refractivity contribution in [2.75, 3.05) is 5.32 Å². The monoisotopic (exact) mass is 373 g/mol. The molecule has 5 nitrogen and oxygen atoms in total. The molecule has 0 fully saturated rings. The quantitative estimate of drug-likeness (QED) is 0.616. The molecule has 0 bridgehead atoms. The fourth-order valence-corrected chi connectivity index (χ4v) is 3.42. The van der Waals surface area contributed by atoms with E-state index in [4.69, 9.17) is 21.6 Å². The molecular formula is C20H28ClN5. The SMILES string of the molecule is CCCCc1nc(-c2nc3cc(C)cc(C)n3c2NC(C)(C)C)c(Cl)[nH]1. The van der Waals surface area contributed by atoms with E-state index in [0.29, 0.717) is 10.8 Å².